The minimum Gasteiger partial charge on any atom is -0.497 e. The average molecular weight is 302 g/mol. The lowest BCUT2D eigenvalue weighted by Crippen LogP contribution is -2.10. The maximum absolute atomic E-state index is 11.0. The predicted octanol–water partition coefficient (Wildman–Crippen LogP) is 3.88. The summed E-state index contributed by atoms with van der Waals surface area (Å²) in [5.74, 6) is 0.599. The molecular weight excluding hydrogens is 286 g/mol. The van der Waals surface area contributed by atoms with Crippen LogP contribution in [-0.2, 0) is 0 Å². The molecule has 1 rings (SSSR count). The van der Waals surface area contributed by atoms with Gasteiger partial charge in [-0.05, 0) is 18.6 Å². The molecule has 0 fully saturated rings. The van der Waals surface area contributed by atoms with E-state index in [-0.39, 0.29) is 21.4 Å². The van der Waals surface area contributed by atoms with Crippen LogP contribution in [-0.4, -0.2) is 16.9 Å². The fourth-order valence-corrected chi connectivity index (χ4v) is 2.03. The van der Waals surface area contributed by atoms with E-state index in [2.05, 4.69) is 15.9 Å². The van der Waals surface area contributed by atoms with Gasteiger partial charge in [-0.3, -0.25) is 10.1 Å². The number of hydrogen-bond donors (Lipinski definition) is 0. The number of alkyl halides is 1. The van der Waals surface area contributed by atoms with E-state index < -0.39 is 0 Å². The fraction of sp³-hybridized carbons (Fsp3) is 0.500. The van der Waals surface area contributed by atoms with Crippen LogP contribution in [0.2, 0.25) is 0 Å². The first-order valence-corrected chi connectivity index (χ1v) is 6.39. The molecule has 4 nitrogen and oxygen atoms in total. The first kappa shape index (κ1) is 14.0. The first-order chi connectivity index (χ1) is 8.01. The molecule has 17 heavy (non-hydrogen) atoms. The van der Waals surface area contributed by atoms with Crippen LogP contribution in [0.25, 0.3) is 0 Å². The van der Waals surface area contributed by atoms with Crippen molar-refractivity contribution in [2.75, 3.05) is 7.11 Å². The lowest BCUT2D eigenvalue weighted by Gasteiger charge is -2.17. The van der Waals surface area contributed by atoms with Crippen LogP contribution in [0.4, 0.5) is 5.69 Å². The number of nitro groups is 1. The van der Waals surface area contributed by atoms with E-state index in [1.54, 1.807) is 12.1 Å². The number of nitro benzene ring substituents is 1. The molecule has 0 aromatic heterocycles. The molecule has 2 atom stereocenters. The van der Waals surface area contributed by atoms with Gasteiger partial charge in [-0.2, -0.15) is 0 Å². The number of methoxy groups -OCH3 is 1. The van der Waals surface area contributed by atoms with Crippen LogP contribution in [0.15, 0.2) is 18.2 Å². The fourth-order valence-electron chi connectivity index (χ4n) is 1.74. The monoisotopic (exact) mass is 301 g/mol. The van der Waals surface area contributed by atoms with Gasteiger partial charge in [0, 0.05) is 16.3 Å². The zero-order valence-electron chi connectivity index (χ0n) is 10.1. The normalized spacial score (nSPS) is 14.1. The number of rotatable bonds is 5. The van der Waals surface area contributed by atoms with Crippen molar-refractivity contribution in [2.24, 2.45) is 0 Å². The molecule has 0 aliphatic heterocycles. The summed E-state index contributed by atoms with van der Waals surface area (Å²) in [6.07, 6.45) is 0.921. The van der Waals surface area contributed by atoms with E-state index in [0.29, 0.717) is 5.75 Å². The molecule has 0 saturated heterocycles. The standard InChI is InChI=1S/C12H16BrNO3/c1-4-11(13)8(2)10-6-5-9(17-3)7-12(10)14(15)16/h5-8,11H,4H2,1-3H3. The van der Waals surface area contributed by atoms with Gasteiger partial charge in [-0.15, -0.1) is 0 Å². The maximum atomic E-state index is 11.0. The summed E-state index contributed by atoms with van der Waals surface area (Å²) in [5, 5.41) is 11.0. The van der Waals surface area contributed by atoms with Crippen molar-refractivity contribution in [3.8, 4) is 5.75 Å². The van der Waals surface area contributed by atoms with E-state index in [4.69, 9.17) is 4.74 Å². The van der Waals surface area contributed by atoms with Gasteiger partial charge in [0.05, 0.1) is 18.1 Å². The predicted molar refractivity (Wildman–Crippen MR) is 71.1 cm³/mol. The molecule has 0 amide bonds. The smallest absolute Gasteiger partial charge is 0.276 e. The Labute approximate surface area is 109 Å². The second kappa shape index (κ2) is 6.00. The van der Waals surface area contributed by atoms with Crippen molar-refractivity contribution < 1.29 is 9.66 Å². The van der Waals surface area contributed by atoms with Gasteiger partial charge >= 0.3 is 0 Å². The Morgan fingerprint density at radius 3 is 2.65 bits per heavy atom. The van der Waals surface area contributed by atoms with Crippen molar-refractivity contribution in [1.82, 2.24) is 0 Å². The van der Waals surface area contributed by atoms with E-state index in [0.717, 1.165) is 12.0 Å². The highest BCUT2D eigenvalue weighted by Gasteiger charge is 2.23. The summed E-state index contributed by atoms with van der Waals surface area (Å²) in [5.41, 5.74) is 0.856. The highest BCUT2D eigenvalue weighted by Crippen LogP contribution is 2.35. The number of nitrogens with zero attached hydrogens (tertiary/aromatic N) is 1. The number of halogens is 1. The van der Waals surface area contributed by atoms with E-state index in [9.17, 15) is 10.1 Å². The van der Waals surface area contributed by atoms with Crippen LogP contribution in [0.3, 0.4) is 0 Å². The highest BCUT2D eigenvalue weighted by molar-refractivity contribution is 9.09. The van der Waals surface area contributed by atoms with E-state index >= 15 is 0 Å². The third-order valence-electron chi connectivity index (χ3n) is 2.86. The summed E-state index contributed by atoms with van der Waals surface area (Å²) in [6, 6.07) is 5.00. The third-order valence-corrected chi connectivity index (χ3v) is 4.30. The van der Waals surface area contributed by atoms with Crippen molar-refractivity contribution in [1.29, 1.82) is 0 Å². The third kappa shape index (κ3) is 3.19. The van der Waals surface area contributed by atoms with Gasteiger partial charge in [0.2, 0.25) is 0 Å². The zero-order chi connectivity index (χ0) is 13.0. The minimum atomic E-state index is -0.357. The Bertz CT molecular complexity index is 409. The molecule has 0 aliphatic rings. The Balaban J connectivity index is 3.18. The number of benzene rings is 1. The summed E-state index contributed by atoms with van der Waals surface area (Å²) < 4.78 is 5.01. The Morgan fingerprint density at radius 1 is 1.53 bits per heavy atom. The van der Waals surface area contributed by atoms with Gasteiger partial charge in [-0.25, -0.2) is 0 Å². The SMILES string of the molecule is CCC(Br)C(C)c1ccc(OC)cc1[N+](=O)[O-]. The van der Waals surface area contributed by atoms with Gasteiger partial charge in [0.1, 0.15) is 5.75 Å². The molecule has 94 valence electrons. The quantitative estimate of drug-likeness (QED) is 0.471. The Hall–Kier alpha value is -1.10. The van der Waals surface area contributed by atoms with Crippen LogP contribution >= 0.6 is 15.9 Å². The van der Waals surface area contributed by atoms with Crippen molar-refractivity contribution in [3.05, 3.63) is 33.9 Å². The van der Waals surface area contributed by atoms with Gasteiger partial charge in [-0.1, -0.05) is 29.8 Å². The van der Waals surface area contributed by atoms with Crippen LogP contribution in [0.1, 0.15) is 31.7 Å². The number of ether oxygens (including phenoxy) is 1. The van der Waals surface area contributed by atoms with Gasteiger partial charge in [0.15, 0.2) is 0 Å². The Kier molecular flexibility index (Phi) is 4.93. The molecule has 1 aromatic carbocycles. The molecule has 5 heteroatoms. The molecule has 0 heterocycles. The second-order valence-electron chi connectivity index (χ2n) is 3.89. The second-order valence-corrected chi connectivity index (χ2v) is 5.07. The molecule has 2 unspecified atom stereocenters. The largest absolute Gasteiger partial charge is 0.497 e. The summed E-state index contributed by atoms with van der Waals surface area (Å²) >= 11 is 3.54. The van der Waals surface area contributed by atoms with Gasteiger partial charge in [0.25, 0.3) is 5.69 Å². The summed E-state index contributed by atoms with van der Waals surface area (Å²) in [7, 11) is 1.50. The minimum absolute atomic E-state index is 0.0892. The average Bonchev–Trinajstić information content (AvgIpc) is 2.35. The van der Waals surface area contributed by atoms with Crippen molar-refractivity contribution in [3.63, 3.8) is 0 Å². The molecule has 0 aliphatic carbocycles. The summed E-state index contributed by atoms with van der Waals surface area (Å²) in [4.78, 5) is 10.9. The molecule has 0 bridgehead atoms. The van der Waals surface area contributed by atoms with Crippen LogP contribution in [0.5, 0.6) is 5.75 Å². The molecular formula is C12H16BrNO3. The Morgan fingerprint density at radius 2 is 2.18 bits per heavy atom. The van der Waals surface area contributed by atoms with Crippen molar-refractivity contribution in [2.45, 2.75) is 31.0 Å². The maximum Gasteiger partial charge on any atom is 0.276 e. The van der Waals surface area contributed by atoms with Crippen LogP contribution in [0, 0.1) is 10.1 Å². The van der Waals surface area contributed by atoms with E-state index in [1.165, 1.54) is 13.2 Å². The van der Waals surface area contributed by atoms with Gasteiger partial charge < -0.3 is 4.74 Å². The van der Waals surface area contributed by atoms with Crippen molar-refractivity contribution >= 4 is 21.6 Å². The van der Waals surface area contributed by atoms with Crippen LogP contribution < -0.4 is 4.74 Å². The first-order valence-electron chi connectivity index (χ1n) is 5.47. The molecule has 0 radical (unpaired) electrons. The number of hydrogen-bond acceptors (Lipinski definition) is 3. The highest BCUT2D eigenvalue weighted by atomic mass is 79.9. The molecule has 0 N–H and O–H groups in total. The summed E-state index contributed by atoms with van der Waals surface area (Å²) in [6.45, 7) is 4.03. The lowest BCUT2D eigenvalue weighted by molar-refractivity contribution is -0.385. The molecule has 1 aromatic rings. The molecule has 0 spiro atoms. The topological polar surface area (TPSA) is 52.4 Å². The molecule has 0 saturated carbocycles. The van der Waals surface area contributed by atoms with E-state index in [1.807, 2.05) is 13.8 Å². The lowest BCUT2D eigenvalue weighted by atomic mass is 9.95. The zero-order valence-corrected chi connectivity index (χ0v) is 11.7.